The molecule has 150 valence electrons. The Kier molecular flexibility index (Phi) is 5.98. The largest absolute Gasteiger partial charge is 0.340 e. The Hall–Kier alpha value is -2.62. The average molecular weight is 429 g/mol. The fourth-order valence-corrected chi connectivity index (χ4v) is 4.98. The van der Waals surface area contributed by atoms with E-state index in [0.29, 0.717) is 26.1 Å². The number of nitro groups is 1. The Labute approximate surface area is 176 Å². The molecule has 3 heterocycles. The molecule has 1 fully saturated rings. The van der Waals surface area contributed by atoms with Gasteiger partial charge >= 0.3 is 0 Å². The van der Waals surface area contributed by atoms with Gasteiger partial charge in [0.2, 0.25) is 5.91 Å². The van der Waals surface area contributed by atoms with Gasteiger partial charge in [0, 0.05) is 50.2 Å². The monoisotopic (exact) mass is 428 g/mol. The lowest BCUT2D eigenvalue weighted by atomic mass is 10.1. The second kappa shape index (κ2) is 8.81. The standard InChI is InChI=1S/C20H20N4O3S2/c25-19(12-16-14-29-20(21-16)18-5-2-10-28-18)23-8-6-22(7-9-23)13-15-3-1-4-17(11-15)24(26)27/h1-5,10-11,14H,6-9,12-13H2. The van der Waals surface area contributed by atoms with Crippen LogP contribution in [-0.2, 0) is 17.8 Å². The summed E-state index contributed by atoms with van der Waals surface area (Å²) in [4.78, 5) is 33.0. The van der Waals surface area contributed by atoms with E-state index in [9.17, 15) is 14.9 Å². The molecule has 9 heteroatoms. The van der Waals surface area contributed by atoms with Crippen LogP contribution in [0.1, 0.15) is 11.3 Å². The summed E-state index contributed by atoms with van der Waals surface area (Å²) in [5.74, 6) is 0.100. The van der Waals surface area contributed by atoms with Crippen LogP contribution in [0.3, 0.4) is 0 Å². The van der Waals surface area contributed by atoms with Crippen LogP contribution in [0.5, 0.6) is 0 Å². The van der Waals surface area contributed by atoms with Gasteiger partial charge in [0.15, 0.2) is 0 Å². The number of carbonyl (C=O) groups is 1. The number of non-ortho nitro benzene ring substituents is 1. The minimum atomic E-state index is -0.373. The van der Waals surface area contributed by atoms with Crippen LogP contribution in [0.2, 0.25) is 0 Å². The maximum Gasteiger partial charge on any atom is 0.269 e. The first-order valence-corrected chi connectivity index (χ1v) is 11.1. The summed E-state index contributed by atoms with van der Waals surface area (Å²) in [5, 5.41) is 15.9. The molecule has 3 aromatic rings. The number of amides is 1. The highest BCUT2D eigenvalue weighted by Gasteiger charge is 2.22. The molecule has 1 aromatic carbocycles. The van der Waals surface area contributed by atoms with Gasteiger partial charge in [0.1, 0.15) is 5.01 Å². The molecular weight excluding hydrogens is 408 g/mol. The van der Waals surface area contributed by atoms with Crippen molar-refractivity contribution in [2.45, 2.75) is 13.0 Å². The Morgan fingerprint density at radius 1 is 1.14 bits per heavy atom. The third-order valence-corrected chi connectivity index (χ3v) is 6.80. The van der Waals surface area contributed by atoms with Crippen LogP contribution < -0.4 is 0 Å². The summed E-state index contributed by atoms with van der Waals surface area (Å²) >= 11 is 3.22. The summed E-state index contributed by atoms with van der Waals surface area (Å²) in [6.45, 7) is 3.49. The number of thiazole rings is 1. The first kappa shape index (κ1) is 19.7. The molecule has 1 aliphatic rings. The number of benzene rings is 1. The third kappa shape index (κ3) is 4.87. The molecule has 1 aliphatic heterocycles. The Balaban J connectivity index is 1.28. The van der Waals surface area contributed by atoms with Gasteiger partial charge in [-0.3, -0.25) is 19.8 Å². The van der Waals surface area contributed by atoms with Gasteiger partial charge in [0.05, 0.1) is 21.9 Å². The minimum Gasteiger partial charge on any atom is -0.340 e. The minimum absolute atomic E-state index is 0.100. The summed E-state index contributed by atoms with van der Waals surface area (Å²) in [5.41, 5.74) is 1.85. The molecule has 0 saturated carbocycles. The molecule has 0 aliphatic carbocycles. The summed E-state index contributed by atoms with van der Waals surface area (Å²) < 4.78 is 0. The zero-order chi connectivity index (χ0) is 20.2. The van der Waals surface area contributed by atoms with Gasteiger partial charge in [0.25, 0.3) is 5.69 Å². The lowest BCUT2D eigenvalue weighted by Gasteiger charge is -2.34. The first-order valence-electron chi connectivity index (χ1n) is 9.30. The van der Waals surface area contributed by atoms with Crippen molar-refractivity contribution in [3.63, 3.8) is 0 Å². The van der Waals surface area contributed by atoms with Crippen molar-refractivity contribution in [1.29, 1.82) is 0 Å². The highest BCUT2D eigenvalue weighted by atomic mass is 32.1. The van der Waals surface area contributed by atoms with Crippen molar-refractivity contribution in [3.05, 3.63) is 68.5 Å². The molecule has 0 spiro atoms. The molecule has 4 rings (SSSR count). The molecular formula is C20H20N4O3S2. The topological polar surface area (TPSA) is 79.6 Å². The predicted octanol–water partition coefficient (Wildman–Crippen LogP) is 3.67. The number of nitrogens with zero attached hydrogens (tertiary/aromatic N) is 4. The van der Waals surface area contributed by atoms with Gasteiger partial charge in [-0.1, -0.05) is 18.2 Å². The lowest BCUT2D eigenvalue weighted by Crippen LogP contribution is -2.48. The van der Waals surface area contributed by atoms with E-state index >= 15 is 0 Å². The SMILES string of the molecule is O=C(Cc1csc(-c2cccs2)n1)N1CCN(Cc2cccc([N+](=O)[O-])c2)CC1. The molecule has 1 saturated heterocycles. The quantitative estimate of drug-likeness (QED) is 0.442. The highest BCUT2D eigenvalue weighted by Crippen LogP contribution is 2.28. The number of rotatable bonds is 6. The second-order valence-corrected chi connectivity index (χ2v) is 8.69. The molecule has 0 atom stereocenters. The number of hydrogen-bond donors (Lipinski definition) is 0. The van der Waals surface area contributed by atoms with E-state index in [-0.39, 0.29) is 16.5 Å². The number of nitro benzene ring substituents is 1. The zero-order valence-electron chi connectivity index (χ0n) is 15.7. The van der Waals surface area contributed by atoms with Crippen LogP contribution in [0.15, 0.2) is 47.2 Å². The van der Waals surface area contributed by atoms with Gasteiger partial charge in [-0.05, 0) is 17.0 Å². The van der Waals surface area contributed by atoms with E-state index in [1.807, 2.05) is 33.9 Å². The number of carbonyl (C=O) groups excluding carboxylic acids is 1. The van der Waals surface area contributed by atoms with Crippen molar-refractivity contribution >= 4 is 34.3 Å². The van der Waals surface area contributed by atoms with Crippen LogP contribution in [0, 0.1) is 10.1 Å². The second-order valence-electron chi connectivity index (χ2n) is 6.88. The zero-order valence-corrected chi connectivity index (χ0v) is 17.3. The number of piperazine rings is 1. The molecule has 2 aromatic heterocycles. The van der Waals surface area contributed by atoms with E-state index in [1.165, 1.54) is 6.07 Å². The highest BCUT2D eigenvalue weighted by molar-refractivity contribution is 7.20. The van der Waals surface area contributed by atoms with E-state index in [0.717, 1.165) is 34.2 Å². The Bertz CT molecular complexity index is 995. The number of hydrogen-bond acceptors (Lipinski definition) is 7. The fourth-order valence-electron chi connectivity index (χ4n) is 3.35. The Morgan fingerprint density at radius 2 is 1.97 bits per heavy atom. The molecule has 1 amide bonds. The van der Waals surface area contributed by atoms with Gasteiger partial charge < -0.3 is 4.90 Å². The smallest absolute Gasteiger partial charge is 0.269 e. The third-order valence-electron chi connectivity index (χ3n) is 4.87. The van der Waals surface area contributed by atoms with E-state index in [1.54, 1.807) is 34.8 Å². The van der Waals surface area contributed by atoms with Gasteiger partial charge in [-0.2, -0.15) is 0 Å². The molecule has 0 unspecified atom stereocenters. The summed E-state index contributed by atoms with van der Waals surface area (Å²) in [6.07, 6.45) is 0.326. The maximum absolute atomic E-state index is 12.6. The molecule has 0 bridgehead atoms. The first-order chi connectivity index (χ1) is 14.1. The molecule has 0 N–H and O–H groups in total. The van der Waals surface area contributed by atoms with Crippen molar-refractivity contribution in [2.75, 3.05) is 26.2 Å². The normalized spacial score (nSPS) is 14.8. The van der Waals surface area contributed by atoms with Crippen molar-refractivity contribution < 1.29 is 9.72 Å². The predicted molar refractivity (Wildman–Crippen MR) is 114 cm³/mol. The molecule has 29 heavy (non-hydrogen) atoms. The van der Waals surface area contributed by atoms with E-state index in [2.05, 4.69) is 9.88 Å². The van der Waals surface area contributed by atoms with Crippen molar-refractivity contribution in [3.8, 4) is 9.88 Å². The fraction of sp³-hybridized carbons (Fsp3) is 0.300. The summed E-state index contributed by atoms with van der Waals surface area (Å²) in [7, 11) is 0. The van der Waals surface area contributed by atoms with Crippen molar-refractivity contribution in [2.24, 2.45) is 0 Å². The van der Waals surface area contributed by atoms with Crippen molar-refractivity contribution in [1.82, 2.24) is 14.8 Å². The van der Waals surface area contributed by atoms with Crippen LogP contribution in [0.25, 0.3) is 9.88 Å². The Morgan fingerprint density at radius 3 is 2.69 bits per heavy atom. The van der Waals surface area contributed by atoms with Crippen LogP contribution in [0.4, 0.5) is 5.69 Å². The number of aromatic nitrogens is 1. The maximum atomic E-state index is 12.6. The van der Waals surface area contributed by atoms with Gasteiger partial charge in [-0.25, -0.2) is 4.98 Å². The van der Waals surface area contributed by atoms with E-state index in [4.69, 9.17) is 0 Å². The average Bonchev–Trinajstić information content (AvgIpc) is 3.40. The van der Waals surface area contributed by atoms with Crippen LogP contribution >= 0.6 is 22.7 Å². The number of thiophene rings is 1. The van der Waals surface area contributed by atoms with Gasteiger partial charge in [-0.15, -0.1) is 22.7 Å². The molecule has 0 radical (unpaired) electrons. The van der Waals surface area contributed by atoms with E-state index < -0.39 is 0 Å². The summed E-state index contributed by atoms with van der Waals surface area (Å²) in [6, 6.07) is 10.8. The molecule has 7 nitrogen and oxygen atoms in total. The van der Waals surface area contributed by atoms with Crippen LogP contribution in [-0.4, -0.2) is 51.8 Å². The lowest BCUT2D eigenvalue weighted by molar-refractivity contribution is -0.384.